The molecule has 0 saturated heterocycles. The van der Waals surface area contributed by atoms with Crippen molar-refractivity contribution in [1.29, 1.82) is 0 Å². The highest BCUT2D eigenvalue weighted by atomic mass is 16.5. The lowest BCUT2D eigenvalue weighted by Gasteiger charge is -2.09. The predicted molar refractivity (Wildman–Crippen MR) is 63.1 cm³/mol. The van der Waals surface area contributed by atoms with Crippen LogP contribution in [0, 0.1) is 6.92 Å². The monoisotopic (exact) mass is 217 g/mol. The fourth-order valence-corrected chi connectivity index (χ4v) is 1.51. The van der Waals surface area contributed by atoms with E-state index in [2.05, 4.69) is 4.98 Å². The number of ether oxygens (including phenoxy) is 1. The van der Waals surface area contributed by atoms with Crippen molar-refractivity contribution in [2.24, 2.45) is 7.05 Å². The summed E-state index contributed by atoms with van der Waals surface area (Å²) in [4.78, 5) is 4.19. The van der Waals surface area contributed by atoms with Crippen molar-refractivity contribution >= 4 is 5.69 Å². The second kappa shape index (κ2) is 4.26. The fraction of sp³-hybridized carbons (Fsp3) is 0.250. The molecule has 0 bridgehead atoms. The van der Waals surface area contributed by atoms with E-state index < -0.39 is 0 Å². The first-order valence-corrected chi connectivity index (χ1v) is 5.12. The van der Waals surface area contributed by atoms with E-state index in [9.17, 15) is 0 Å². The van der Waals surface area contributed by atoms with Gasteiger partial charge in [0.25, 0.3) is 0 Å². The van der Waals surface area contributed by atoms with Crippen LogP contribution in [-0.4, -0.2) is 9.55 Å². The largest absolute Gasteiger partial charge is 0.485 e. The van der Waals surface area contributed by atoms with Crippen molar-refractivity contribution in [2.75, 3.05) is 5.73 Å². The van der Waals surface area contributed by atoms with Crippen LogP contribution in [0.2, 0.25) is 0 Å². The summed E-state index contributed by atoms with van der Waals surface area (Å²) in [5.74, 6) is 1.74. The molecule has 2 rings (SSSR count). The molecule has 1 heterocycles. The molecule has 2 N–H and O–H groups in total. The van der Waals surface area contributed by atoms with Crippen LogP contribution in [0.15, 0.2) is 30.6 Å². The van der Waals surface area contributed by atoms with E-state index in [0.29, 0.717) is 6.61 Å². The fourth-order valence-electron chi connectivity index (χ4n) is 1.51. The molecule has 16 heavy (non-hydrogen) atoms. The van der Waals surface area contributed by atoms with Gasteiger partial charge in [0.05, 0.1) is 0 Å². The minimum atomic E-state index is 0.467. The van der Waals surface area contributed by atoms with Crippen LogP contribution >= 0.6 is 0 Å². The molecule has 0 radical (unpaired) electrons. The van der Waals surface area contributed by atoms with Crippen LogP contribution < -0.4 is 10.5 Å². The minimum Gasteiger partial charge on any atom is -0.485 e. The second-order valence-electron chi connectivity index (χ2n) is 3.77. The van der Waals surface area contributed by atoms with Crippen molar-refractivity contribution in [3.8, 4) is 5.75 Å². The van der Waals surface area contributed by atoms with Gasteiger partial charge >= 0.3 is 0 Å². The third-order valence-electron chi connectivity index (χ3n) is 2.48. The van der Waals surface area contributed by atoms with Gasteiger partial charge in [-0.15, -0.1) is 0 Å². The van der Waals surface area contributed by atoms with Crippen molar-refractivity contribution < 1.29 is 4.74 Å². The zero-order valence-corrected chi connectivity index (χ0v) is 9.47. The molecule has 4 nitrogen and oxygen atoms in total. The van der Waals surface area contributed by atoms with Gasteiger partial charge in [0.1, 0.15) is 18.2 Å². The van der Waals surface area contributed by atoms with Gasteiger partial charge in [-0.3, -0.25) is 0 Å². The molecule has 0 aliphatic rings. The summed E-state index contributed by atoms with van der Waals surface area (Å²) in [5.41, 5.74) is 7.46. The molecule has 0 aliphatic heterocycles. The predicted octanol–water partition coefficient (Wildman–Crippen LogP) is 1.89. The van der Waals surface area contributed by atoms with Gasteiger partial charge in [0.15, 0.2) is 0 Å². The molecule has 0 spiro atoms. The van der Waals surface area contributed by atoms with Crippen molar-refractivity contribution in [2.45, 2.75) is 13.5 Å². The number of nitrogen functional groups attached to an aromatic ring is 1. The molecule has 4 heteroatoms. The Morgan fingerprint density at radius 2 is 2.25 bits per heavy atom. The van der Waals surface area contributed by atoms with Crippen LogP contribution in [0.4, 0.5) is 5.69 Å². The first-order chi connectivity index (χ1) is 7.66. The highest BCUT2D eigenvalue weighted by Crippen LogP contribution is 2.20. The van der Waals surface area contributed by atoms with Gasteiger partial charge in [-0.25, -0.2) is 4.98 Å². The highest BCUT2D eigenvalue weighted by molar-refractivity contribution is 5.47. The lowest BCUT2D eigenvalue weighted by atomic mass is 10.2. The first-order valence-electron chi connectivity index (χ1n) is 5.12. The quantitative estimate of drug-likeness (QED) is 0.799. The van der Waals surface area contributed by atoms with E-state index >= 15 is 0 Å². The summed E-state index contributed by atoms with van der Waals surface area (Å²) in [5, 5.41) is 0. The molecule has 1 aromatic carbocycles. The number of aryl methyl sites for hydroxylation is 2. The Balaban J connectivity index is 2.08. The van der Waals surface area contributed by atoms with Crippen LogP contribution in [0.1, 0.15) is 11.4 Å². The van der Waals surface area contributed by atoms with E-state index in [1.807, 2.05) is 42.9 Å². The maximum Gasteiger partial charge on any atom is 0.146 e. The summed E-state index contributed by atoms with van der Waals surface area (Å²) >= 11 is 0. The Bertz CT molecular complexity index is 491. The van der Waals surface area contributed by atoms with Gasteiger partial charge in [-0.05, 0) is 30.7 Å². The number of nitrogens with zero attached hydrogens (tertiary/aromatic N) is 2. The number of imidazole rings is 1. The van der Waals surface area contributed by atoms with Crippen LogP contribution in [-0.2, 0) is 13.7 Å². The van der Waals surface area contributed by atoms with Gasteiger partial charge in [0.2, 0.25) is 0 Å². The second-order valence-corrected chi connectivity index (χ2v) is 3.77. The molecule has 0 aliphatic carbocycles. The molecular formula is C12H15N3O. The third kappa shape index (κ3) is 2.16. The molecule has 84 valence electrons. The molecule has 0 atom stereocenters. The van der Waals surface area contributed by atoms with E-state index in [0.717, 1.165) is 22.8 Å². The average Bonchev–Trinajstić information content (AvgIpc) is 2.63. The van der Waals surface area contributed by atoms with Crippen molar-refractivity contribution in [3.63, 3.8) is 0 Å². The molecule has 0 fully saturated rings. The Labute approximate surface area is 94.7 Å². The number of nitrogens with two attached hydrogens (primary N) is 1. The molecular weight excluding hydrogens is 202 g/mol. The zero-order valence-electron chi connectivity index (χ0n) is 9.47. The van der Waals surface area contributed by atoms with Crippen LogP contribution in [0.25, 0.3) is 0 Å². The van der Waals surface area contributed by atoms with Crippen molar-refractivity contribution in [3.05, 3.63) is 42.0 Å². The number of hydrogen-bond acceptors (Lipinski definition) is 3. The molecule has 0 unspecified atom stereocenters. The SMILES string of the molecule is Cc1cc(N)ccc1OCc1nccn1C. The standard InChI is InChI=1S/C12H15N3O/c1-9-7-10(13)3-4-11(9)16-8-12-14-5-6-15(12)2/h3-7H,8,13H2,1-2H3. The van der Waals surface area contributed by atoms with E-state index in [1.165, 1.54) is 0 Å². The smallest absolute Gasteiger partial charge is 0.146 e. The molecule has 0 amide bonds. The first kappa shape index (κ1) is 10.5. The minimum absolute atomic E-state index is 0.467. The maximum absolute atomic E-state index is 5.68. The van der Waals surface area contributed by atoms with Gasteiger partial charge < -0.3 is 15.0 Å². The van der Waals surface area contributed by atoms with E-state index in [1.54, 1.807) is 6.20 Å². The molecule has 0 saturated carbocycles. The summed E-state index contributed by atoms with van der Waals surface area (Å²) in [6.45, 7) is 2.44. The Kier molecular flexibility index (Phi) is 2.81. The summed E-state index contributed by atoms with van der Waals surface area (Å²) in [6.07, 6.45) is 3.66. The maximum atomic E-state index is 5.68. The van der Waals surface area contributed by atoms with E-state index in [4.69, 9.17) is 10.5 Å². The lowest BCUT2D eigenvalue weighted by Crippen LogP contribution is -2.03. The number of aromatic nitrogens is 2. The Hall–Kier alpha value is -1.97. The Morgan fingerprint density at radius 1 is 1.44 bits per heavy atom. The van der Waals surface area contributed by atoms with Gasteiger partial charge in [-0.1, -0.05) is 0 Å². The van der Waals surface area contributed by atoms with E-state index in [-0.39, 0.29) is 0 Å². The highest BCUT2D eigenvalue weighted by Gasteiger charge is 2.03. The Morgan fingerprint density at radius 3 is 2.88 bits per heavy atom. The summed E-state index contributed by atoms with van der Waals surface area (Å²) < 4.78 is 7.62. The lowest BCUT2D eigenvalue weighted by molar-refractivity contribution is 0.290. The van der Waals surface area contributed by atoms with Crippen LogP contribution in [0.5, 0.6) is 5.75 Å². The van der Waals surface area contributed by atoms with Gasteiger partial charge in [-0.2, -0.15) is 0 Å². The molecule has 2 aromatic rings. The normalized spacial score (nSPS) is 10.4. The summed E-state index contributed by atoms with van der Waals surface area (Å²) in [7, 11) is 1.95. The summed E-state index contributed by atoms with van der Waals surface area (Å²) in [6, 6.07) is 5.61. The third-order valence-corrected chi connectivity index (χ3v) is 2.48. The zero-order chi connectivity index (χ0) is 11.5. The van der Waals surface area contributed by atoms with Crippen molar-refractivity contribution in [1.82, 2.24) is 9.55 Å². The number of rotatable bonds is 3. The number of hydrogen-bond donors (Lipinski definition) is 1. The van der Waals surface area contributed by atoms with Gasteiger partial charge in [0, 0.05) is 25.1 Å². The molecule has 1 aromatic heterocycles. The van der Waals surface area contributed by atoms with Crippen LogP contribution in [0.3, 0.4) is 0 Å². The number of anilines is 1. The average molecular weight is 217 g/mol. The number of benzene rings is 1. The topological polar surface area (TPSA) is 53.1 Å².